The van der Waals surface area contributed by atoms with E-state index in [4.69, 9.17) is 16.3 Å². The topological polar surface area (TPSA) is 39.2 Å². The lowest BCUT2D eigenvalue weighted by Gasteiger charge is -2.11. The number of hydrogen-bond donors (Lipinski definition) is 0. The second kappa shape index (κ2) is 5.80. The van der Waals surface area contributed by atoms with Gasteiger partial charge in [-0.25, -0.2) is 0 Å². The minimum absolute atomic E-state index is 0.123. The Hall–Kier alpha value is -1.61. The van der Waals surface area contributed by atoms with Gasteiger partial charge in [-0.05, 0) is 37.1 Å². The first-order valence-electron chi connectivity index (χ1n) is 6.94. The summed E-state index contributed by atoms with van der Waals surface area (Å²) in [4.78, 5) is 16.3. The number of halogens is 1. The number of carbonyl (C=O) groups excluding carboxylic acids is 1. The molecular formula is C16H16ClNO2. The number of fused-ring (bicyclic) bond motifs is 1. The van der Waals surface area contributed by atoms with E-state index < -0.39 is 0 Å². The summed E-state index contributed by atoms with van der Waals surface area (Å²) in [6, 6.07) is 7.29. The van der Waals surface area contributed by atoms with Crippen LogP contribution in [0.15, 0.2) is 30.5 Å². The summed E-state index contributed by atoms with van der Waals surface area (Å²) in [5.41, 5.74) is 0.708. The maximum absolute atomic E-state index is 12.1. The number of hydrogen-bond acceptors (Lipinski definition) is 3. The monoisotopic (exact) mass is 289 g/mol. The number of nitrogens with zero attached hydrogens (tertiary/aromatic N) is 1. The molecule has 20 heavy (non-hydrogen) atoms. The fourth-order valence-corrected chi connectivity index (χ4v) is 2.96. The molecule has 0 unspecified atom stereocenters. The molecule has 0 bridgehead atoms. The molecule has 3 nitrogen and oxygen atoms in total. The van der Waals surface area contributed by atoms with Gasteiger partial charge in [-0.3, -0.25) is 9.78 Å². The first-order chi connectivity index (χ1) is 9.75. The summed E-state index contributed by atoms with van der Waals surface area (Å²) in [6.45, 7) is 0.123. The van der Waals surface area contributed by atoms with Gasteiger partial charge in [0, 0.05) is 17.5 Å². The molecule has 2 aromatic rings. The average molecular weight is 290 g/mol. The highest BCUT2D eigenvalue weighted by Crippen LogP contribution is 2.30. The second-order valence-electron chi connectivity index (χ2n) is 5.18. The third kappa shape index (κ3) is 2.63. The van der Waals surface area contributed by atoms with Gasteiger partial charge in [-0.1, -0.05) is 24.4 Å². The Morgan fingerprint density at radius 2 is 2.10 bits per heavy atom. The minimum atomic E-state index is 0.123. The minimum Gasteiger partial charge on any atom is -0.484 e. The SMILES string of the molecule is O=C(COc1ccc(Cl)c2cccnc12)C1CCCC1. The first kappa shape index (κ1) is 13.4. The zero-order valence-electron chi connectivity index (χ0n) is 11.1. The highest BCUT2D eigenvalue weighted by atomic mass is 35.5. The summed E-state index contributed by atoms with van der Waals surface area (Å²) in [5, 5.41) is 1.49. The Balaban J connectivity index is 1.77. The molecule has 1 aromatic carbocycles. The lowest BCUT2D eigenvalue weighted by Crippen LogP contribution is -2.19. The standard InChI is InChI=1S/C16H16ClNO2/c17-13-7-8-15(16-12(13)6-3-9-18-16)20-10-14(19)11-4-1-2-5-11/h3,6-9,11H,1-2,4-5,10H2. The van der Waals surface area contributed by atoms with Gasteiger partial charge in [-0.15, -0.1) is 0 Å². The Bertz CT molecular complexity index is 635. The summed E-state index contributed by atoms with van der Waals surface area (Å²) in [6.07, 6.45) is 6.01. The molecule has 1 saturated carbocycles. The molecule has 1 aromatic heterocycles. The Morgan fingerprint density at radius 1 is 1.30 bits per heavy atom. The van der Waals surface area contributed by atoms with Crippen LogP contribution in [-0.4, -0.2) is 17.4 Å². The first-order valence-corrected chi connectivity index (χ1v) is 7.32. The van der Waals surface area contributed by atoms with E-state index in [2.05, 4.69) is 4.98 Å². The molecule has 0 aliphatic heterocycles. The van der Waals surface area contributed by atoms with Gasteiger partial charge in [-0.2, -0.15) is 0 Å². The van der Waals surface area contributed by atoms with Crippen LogP contribution in [0.5, 0.6) is 5.75 Å². The van der Waals surface area contributed by atoms with Crippen LogP contribution < -0.4 is 4.74 Å². The number of Topliss-reactive ketones (excluding diaryl/α,β-unsaturated/α-hetero) is 1. The maximum Gasteiger partial charge on any atom is 0.173 e. The molecule has 4 heteroatoms. The highest BCUT2D eigenvalue weighted by molar-refractivity contribution is 6.35. The van der Waals surface area contributed by atoms with Crippen molar-refractivity contribution in [2.45, 2.75) is 25.7 Å². The quantitative estimate of drug-likeness (QED) is 0.853. The van der Waals surface area contributed by atoms with Crippen molar-refractivity contribution in [3.8, 4) is 5.75 Å². The fourth-order valence-electron chi connectivity index (χ4n) is 2.74. The predicted octanol–water partition coefficient (Wildman–Crippen LogP) is 4.03. The van der Waals surface area contributed by atoms with Crippen LogP contribution in [0.4, 0.5) is 0 Å². The molecule has 104 valence electrons. The molecule has 1 fully saturated rings. The molecule has 3 rings (SSSR count). The van der Waals surface area contributed by atoms with Crippen molar-refractivity contribution in [2.24, 2.45) is 5.92 Å². The van der Waals surface area contributed by atoms with Crippen molar-refractivity contribution in [1.29, 1.82) is 0 Å². The van der Waals surface area contributed by atoms with Gasteiger partial charge < -0.3 is 4.74 Å². The molecular weight excluding hydrogens is 274 g/mol. The maximum atomic E-state index is 12.1. The molecule has 0 amide bonds. The molecule has 0 N–H and O–H groups in total. The summed E-state index contributed by atoms with van der Waals surface area (Å²) in [5.74, 6) is 0.999. The molecule has 0 radical (unpaired) electrons. The summed E-state index contributed by atoms with van der Waals surface area (Å²) < 4.78 is 5.68. The van der Waals surface area contributed by atoms with Crippen molar-refractivity contribution in [3.63, 3.8) is 0 Å². The zero-order valence-corrected chi connectivity index (χ0v) is 11.9. The van der Waals surface area contributed by atoms with Crippen LogP contribution >= 0.6 is 11.6 Å². The summed E-state index contributed by atoms with van der Waals surface area (Å²) >= 11 is 6.13. The van der Waals surface area contributed by atoms with E-state index in [0.29, 0.717) is 16.3 Å². The number of rotatable bonds is 4. The fraction of sp³-hybridized carbons (Fsp3) is 0.375. The van der Waals surface area contributed by atoms with E-state index in [1.54, 1.807) is 18.3 Å². The van der Waals surface area contributed by atoms with Crippen molar-refractivity contribution in [1.82, 2.24) is 4.98 Å². The third-order valence-corrected chi connectivity index (χ3v) is 4.19. The number of pyridine rings is 1. The van der Waals surface area contributed by atoms with E-state index in [-0.39, 0.29) is 18.3 Å². The zero-order chi connectivity index (χ0) is 13.9. The van der Waals surface area contributed by atoms with Crippen molar-refractivity contribution in [3.05, 3.63) is 35.5 Å². The Kier molecular flexibility index (Phi) is 3.88. The molecule has 1 aliphatic rings. The van der Waals surface area contributed by atoms with E-state index in [1.165, 1.54) is 0 Å². The van der Waals surface area contributed by atoms with Crippen LogP contribution in [0.25, 0.3) is 10.9 Å². The van der Waals surface area contributed by atoms with E-state index in [9.17, 15) is 4.79 Å². The van der Waals surface area contributed by atoms with Gasteiger partial charge in [0.25, 0.3) is 0 Å². The van der Waals surface area contributed by atoms with Crippen molar-refractivity contribution >= 4 is 28.3 Å². The summed E-state index contributed by atoms with van der Waals surface area (Å²) in [7, 11) is 0. The van der Waals surface area contributed by atoms with Crippen LogP contribution in [0.2, 0.25) is 5.02 Å². The van der Waals surface area contributed by atoms with E-state index >= 15 is 0 Å². The lowest BCUT2D eigenvalue weighted by atomic mass is 10.0. The van der Waals surface area contributed by atoms with Crippen LogP contribution in [0.3, 0.4) is 0 Å². The number of aromatic nitrogens is 1. The normalized spacial score (nSPS) is 15.7. The van der Waals surface area contributed by atoms with Crippen molar-refractivity contribution in [2.75, 3.05) is 6.61 Å². The highest BCUT2D eigenvalue weighted by Gasteiger charge is 2.23. The van der Waals surface area contributed by atoms with Gasteiger partial charge in [0.1, 0.15) is 17.9 Å². The molecule has 0 atom stereocenters. The largest absolute Gasteiger partial charge is 0.484 e. The van der Waals surface area contributed by atoms with E-state index in [0.717, 1.165) is 31.1 Å². The molecule has 1 heterocycles. The number of ether oxygens (including phenoxy) is 1. The number of ketones is 1. The van der Waals surface area contributed by atoms with E-state index in [1.807, 2.05) is 12.1 Å². The molecule has 0 spiro atoms. The van der Waals surface area contributed by atoms with Crippen LogP contribution in [0, 0.1) is 5.92 Å². The third-order valence-electron chi connectivity index (χ3n) is 3.86. The van der Waals surface area contributed by atoms with Crippen LogP contribution in [0.1, 0.15) is 25.7 Å². The molecule has 1 aliphatic carbocycles. The number of benzene rings is 1. The van der Waals surface area contributed by atoms with Crippen LogP contribution in [-0.2, 0) is 4.79 Å². The van der Waals surface area contributed by atoms with Gasteiger partial charge in [0.05, 0.1) is 5.02 Å². The van der Waals surface area contributed by atoms with Crippen molar-refractivity contribution < 1.29 is 9.53 Å². The number of carbonyl (C=O) groups is 1. The average Bonchev–Trinajstić information content (AvgIpc) is 3.01. The predicted molar refractivity (Wildman–Crippen MR) is 79.2 cm³/mol. The second-order valence-corrected chi connectivity index (χ2v) is 5.59. The van der Waals surface area contributed by atoms with Gasteiger partial charge in [0.15, 0.2) is 5.78 Å². The van der Waals surface area contributed by atoms with Gasteiger partial charge >= 0.3 is 0 Å². The van der Waals surface area contributed by atoms with Gasteiger partial charge in [0.2, 0.25) is 0 Å². The Labute approximate surface area is 122 Å². The Morgan fingerprint density at radius 3 is 2.90 bits per heavy atom. The lowest BCUT2D eigenvalue weighted by molar-refractivity contribution is -0.124. The molecule has 0 saturated heterocycles. The smallest absolute Gasteiger partial charge is 0.173 e.